The number of fused-ring (bicyclic) bond motifs is 2. The van der Waals surface area contributed by atoms with Gasteiger partial charge in [-0.1, -0.05) is 66.2 Å². The Morgan fingerprint density at radius 1 is 0.414 bits per heavy atom. The van der Waals surface area contributed by atoms with Crippen LogP contribution in [-0.2, 0) is 0 Å². The molecular weight excluding hydrogens is 851 g/mol. The molecular formula is C65H75N5+2. The van der Waals surface area contributed by atoms with Crippen molar-refractivity contribution >= 4 is 66.9 Å². The topological polar surface area (TPSA) is 24.5 Å². The van der Waals surface area contributed by atoms with E-state index in [0.29, 0.717) is 0 Å². The largest absolute Gasteiger partial charge is 0.372 e. The summed E-state index contributed by atoms with van der Waals surface area (Å²) in [6.07, 6.45) is 18.5. The zero-order valence-electron chi connectivity index (χ0n) is 43.9. The molecule has 5 heteroatoms. The van der Waals surface area contributed by atoms with Crippen molar-refractivity contribution in [3.63, 3.8) is 0 Å². The molecule has 0 radical (unpaired) electrons. The molecule has 0 amide bonds. The van der Waals surface area contributed by atoms with Crippen LogP contribution in [0.1, 0.15) is 94.3 Å². The van der Waals surface area contributed by atoms with E-state index in [1.54, 1.807) is 0 Å². The summed E-state index contributed by atoms with van der Waals surface area (Å²) >= 11 is 0. The molecule has 0 bridgehead atoms. The lowest BCUT2D eigenvalue weighted by molar-refractivity contribution is -0.519. The summed E-state index contributed by atoms with van der Waals surface area (Å²) < 4.78 is 4.83. The molecule has 2 aliphatic carbocycles. The fourth-order valence-electron chi connectivity index (χ4n) is 10.7. The molecule has 6 aromatic rings. The molecule has 0 spiro atoms. The van der Waals surface area contributed by atoms with Gasteiger partial charge in [0.05, 0.1) is 0 Å². The summed E-state index contributed by atoms with van der Waals surface area (Å²) in [5, 5.41) is 8.87. The fourth-order valence-corrected chi connectivity index (χ4v) is 10.7. The number of aryl methyl sites for hydroxylation is 3. The monoisotopic (exact) mass is 926 g/mol. The lowest BCUT2D eigenvalue weighted by atomic mass is 9.85. The summed E-state index contributed by atoms with van der Waals surface area (Å²) in [6.45, 7) is 32.4. The van der Waals surface area contributed by atoms with Gasteiger partial charge in [0.2, 0.25) is 0 Å². The maximum absolute atomic E-state index is 4.03. The number of benzene rings is 6. The van der Waals surface area contributed by atoms with Crippen molar-refractivity contribution in [2.24, 2.45) is 0 Å². The minimum atomic E-state index is 0.976. The molecule has 5 nitrogen and oxygen atoms in total. The van der Waals surface area contributed by atoms with Crippen LogP contribution in [0.15, 0.2) is 163 Å². The average molecular weight is 926 g/mol. The van der Waals surface area contributed by atoms with E-state index in [0.717, 1.165) is 63.7 Å². The van der Waals surface area contributed by atoms with Crippen LogP contribution >= 0.6 is 0 Å². The third-order valence-electron chi connectivity index (χ3n) is 14.6. The molecule has 0 aliphatic heterocycles. The van der Waals surface area contributed by atoms with Gasteiger partial charge in [-0.05, 0) is 209 Å². The summed E-state index contributed by atoms with van der Waals surface area (Å²) in [4.78, 5) is 4.84. The first-order valence-corrected chi connectivity index (χ1v) is 26.1. The molecule has 6 aromatic carbocycles. The minimum Gasteiger partial charge on any atom is -0.372 e. The molecule has 0 heterocycles. The zero-order chi connectivity index (χ0) is 49.5. The van der Waals surface area contributed by atoms with Gasteiger partial charge in [-0.15, -0.1) is 0 Å². The third-order valence-corrected chi connectivity index (χ3v) is 14.6. The third kappa shape index (κ3) is 10.0. The van der Waals surface area contributed by atoms with Gasteiger partial charge >= 0.3 is 0 Å². The molecule has 0 fully saturated rings. The highest BCUT2D eigenvalue weighted by Crippen LogP contribution is 2.42. The second-order valence-corrected chi connectivity index (χ2v) is 18.6. The van der Waals surface area contributed by atoms with Crippen molar-refractivity contribution in [1.82, 2.24) is 0 Å². The Labute approximate surface area is 419 Å². The first-order valence-electron chi connectivity index (χ1n) is 26.1. The molecule has 0 saturated heterocycles. The van der Waals surface area contributed by atoms with Crippen molar-refractivity contribution in [3.8, 4) is 0 Å². The molecule has 1 N–H and O–H groups in total. The highest BCUT2D eigenvalue weighted by atomic mass is 15.1. The van der Waals surface area contributed by atoms with Crippen LogP contribution in [0.4, 0.5) is 22.7 Å². The molecule has 358 valence electrons. The standard InChI is InChI=1S/C65H74N5/c1-12-67(13-2)51-30-24-48(25-31-51)64(49-26-32-52(33-27-49)68(14-3)15-4)61-43-46(10)42-60-56(61)21-20-22-62(60)66-63-40-39-58(59-41-45(9)23-37-57(59)63)65(50-28-34-53(35-29-50)69(16-5)17-6)55-38-36-54(44-47(55)11)70(18-7)19-8/h20-44H,12-19H2,1-11H3/q+1/p+1. The van der Waals surface area contributed by atoms with E-state index in [9.17, 15) is 0 Å². The Bertz CT molecular complexity index is 3130. The number of hydrogen-bond acceptors (Lipinski definition) is 3. The van der Waals surface area contributed by atoms with Crippen LogP contribution in [-0.4, -0.2) is 72.9 Å². The summed E-state index contributed by atoms with van der Waals surface area (Å²) in [5.41, 5.74) is 20.8. The summed E-state index contributed by atoms with van der Waals surface area (Å²) in [6, 6.07) is 39.4. The maximum Gasteiger partial charge on any atom is 0.199 e. The van der Waals surface area contributed by atoms with Crippen LogP contribution in [0, 0.1) is 20.8 Å². The number of nitrogens with zero attached hydrogens (tertiary/aromatic N) is 4. The number of anilines is 4. The van der Waals surface area contributed by atoms with Crippen molar-refractivity contribution < 1.29 is 9.15 Å². The molecule has 0 unspecified atom stereocenters. The van der Waals surface area contributed by atoms with Gasteiger partial charge in [0.15, 0.2) is 11.4 Å². The normalized spacial score (nSPS) is 13.2. The first-order chi connectivity index (χ1) is 34.1. The Morgan fingerprint density at radius 3 is 1.51 bits per heavy atom. The van der Waals surface area contributed by atoms with Crippen molar-refractivity contribution in [2.45, 2.75) is 76.2 Å². The Kier molecular flexibility index (Phi) is 15.7. The Morgan fingerprint density at radius 2 is 0.943 bits per heavy atom. The lowest BCUT2D eigenvalue weighted by Crippen LogP contribution is -2.21. The Balaban J connectivity index is 1.29. The SMILES string of the molecule is CCN(CC)c1ccc(C(=C2C=CC(=[N+](CC)CC)C=C2)c2cc(C)cc3c(Nc4ccc(C(=C5C=CC(=[N+](CC)CC)C=C5)c5ccc(N(CC)CC)cc5C)c5cc(C)ccc45)cccc23)cc1. The number of rotatable bonds is 16. The highest BCUT2D eigenvalue weighted by molar-refractivity contribution is 6.11. The molecule has 0 aromatic heterocycles. The summed E-state index contributed by atoms with van der Waals surface area (Å²) in [7, 11) is 0. The molecule has 2 aliphatic rings. The van der Waals surface area contributed by atoms with Crippen LogP contribution in [0.5, 0.6) is 0 Å². The van der Waals surface area contributed by atoms with E-state index in [4.69, 9.17) is 0 Å². The maximum atomic E-state index is 4.03. The van der Waals surface area contributed by atoms with Gasteiger partial charge < -0.3 is 15.1 Å². The van der Waals surface area contributed by atoms with E-state index in [1.165, 1.54) is 106 Å². The quantitative estimate of drug-likeness (QED) is 0.0979. The summed E-state index contributed by atoms with van der Waals surface area (Å²) in [5.74, 6) is 0. The molecule has 0 atom stereocenters. The van der Waals surface area contributed by atoms with E-state index in [1.807, 2.05) is 0 Å². The Hall–Kier alpha value is -6.98. The lowest BCUT2D eigenvalue weighted by Gasteiger charge is -2.24. The smallest absolute Gasteiger partial charge is 0.199 e. The van der Waals surface area contributed by atoms with Gasteiger partial charge in [0, 0.05) is 84.0 Å². The zero-order valence-corrected chi connectivity index (χ0v) is 43.9. The van der Waals surface area contributed by atoms with Gasteiger partial charge in [0.1, 0.15) is 26.2 Å². The van der Waals surface area contributed by atoms with E-state index in [-0.39, 0.29) is 0 Å². The van der Waals surface area contributed by atoms with Crippen molar-refractivity contribution in [1.29, 1.82) is 0 Å². The van der Waals surface area contributed by atoms with Crippen molar-refractivity contribution in [3.05, 3.63) is 202 Å². The minimum absolute atomic E-state index is 0.976. The van der Waals surface area contributed by atoms with Crippen molar-refractivity contribution in [2.75, 3.05) is 67.5 Å². The van der Waals surface area contributed by atoms with Gasteiger partial charge in [-0.3, -0.25) is 0 Å². The molecule has 8 rings (SSSR count). The predicted octanol–water partition coefficient (Wildman–Crippen LogP) is 15.2. The van der Waals surface area contributed by atoms with E-state index >= 15 is 0 Å². The average Bonchev–Trinajstić information content (AvgIpc) is 3.38. The highest BCUT2D eigenvalue weighted by Gasteiger charge is 2.22. The first kappa shape index (κ1) is 49.4. The van der Waals surface area contributed by atoms with E-state index < -0.39 is 0 Å². The second kappa shape index (κ2) is 22.2. The van der Waals surface area contributed by atoms with Gasteiger partial charge in [-0.2, -0.15) is 0 Å². The van der Waals surface area contributed by atoms with Crippen LogP contribution in [0.25, 0.3) is 32.7 Å². The predicted molar refractivity (Wildman–Crippen MR) is 307 cm³/mol. The van der Waals surface area contributed by atoms with Crippen LogP contribution < -0.4 is 15.1 Å². The number of hydrogen-bond donors (Lipinski definition) is 1. The van der Waals surface area contributed by atoms with Gasteiger partial charge in [-0.25, -0.2) is 9.15 Å². The second-order valence-electron chi connectivity index (χ2n) is 18.6. The van der Waals surface area contributed by atoms with Crippen LogP contribution in [0.2, 0.25) is 0 Å². The molecule has 0 saturated carbocycles. The number of allylic oxidation sites excluding steroid dienone is 10. The number of nitrogens with one attached hydrogen (secondary N) is 1. The van der Waals surface area contributed by atoms with Gasteiger partial charge in [0.25, 0.3) is 0 Å². The fraction of sp³-hybridized carbons (Fsp3) is 0.292. The van der Waals surface area contributed by atoms with Crippen LogP contribution in [0.3, 0.4) is 0 Å². The van der Waals surface area contributed by atoms with E-state index in [2.05, 4.69) is 252 Å². The molecule has 70 heavy (non-hydrogen) atoms.